The molecular formula is C28H30N4O4. The van der Waals surface area contributed by atoms with Crippen LogP contribution in [0.25, 0.3) is 0 Å². The van der Waals surface area contributed by atoms with Gasteiger partial charge in [-0.1, -0.05) is 29.8 Å². The highest BCUT2D eigenvalue weighted by molar-refractivity contribution is 6.08. The fraction of sp³-hybridized carbons (Fsp3) is 0.250. The van der Waals surface area contributed by atoms with Crippen LogP contribution in [0, 0.1) is 6.92 Å². The zero-order chi connectivity index (χ0) is 25.5. The normalized spacial score (nSPS) is 12.7. The van der Waals surface area contributed by atoms with Gasteiger partial charge in [-0.3, -0.25) is 4.79 Å². The van der Waals surface area contributed by atoms with Gasteiger partial charge in [-0.05, 0) is 69.2 Å². The molecule has 0 aliphatic carbocycles. The molecule has 186 valence electrons. The van der Waals surface area contributed by atoms with Gasteiger partial charge in [0.15, 0.2) is 0 Å². The second-order valence-electron chi connectivity index (χ2n) is 8.59. The molecule has 0 spiro atoms. The van der Waals surface area contributed by atoms with Gasteiger partial charge < -0.3 is 25.6 Å². The molecule has 0 radical (unpaired) electrons. The van der Waals surface area contributed by atoms with Gasteiger partial charge in [0.05, 0.1) is 29.2 Å². The Morgan fingerprint density at radius 1 is 0.861 bits per heavy atom. The smallest absolute Gasteiger partial charge is 0.340 e. The Morgan fingerprint density at radius 2 is 1.61 bits per heavy atom. The first-order chi connectivity index (χ1) is 17.4. The number of nitrogens with one attached hydrogen (secondary N) is 3. The summed E-state index contributed by atoms with van der Waals surface area (Å²) in [7, 11) is 0. The number of hydrogen-bond donors (Lipinski definition) is 3. The van der Waals surface area contributed by atoms with E-state index in [2.05, 4.69) is 20.9 Å². The first kappa shape index (κ1) is 24.8. The van der Waals surface area contributed by atoms with E-state index >= 15 is 0 Å². The third kappa shape index (κ3) is 6.02. The Kier molecular flexibility index (Phi) is 7.85. The molecule has 0 unspecified atom stereocenters. The average molecular weight is 487 g/mol. The molecule has 3 N–H and O–H groups in total. The topological polar surface area (TPSA) is 99.8 Å². The van der Waals surface area contributed by atoms with Crippen molar-refractivity contribution in [2.75, 3.05) is 40.5 Å². The maximum Gasteiger partial charge on any atom is 0.340 e. The van der Waals surface area contributed by atoms with Crippen molar-refractivity contribution >= 4 is 40.7 Å². The molecule has 1 heterocycles. The van der Waals surface area contributed by atoms with Crippen molar-refractivity contribution in [2.24, 2.45) is 0 Å². The highest BCUT2D eigenvalue weighted by Crippen LogP contribution is 2.32. The van der Waals surface area contributed by atoms with E-state index in [9.17, 15) is 14.4 Å². The van der Waals surface area contributed by atoms with Crippen LogP contribution in [0.15, 0.2) is 66.7 Å². The number of hydrogen-bond acceptors (Lipinski definition) is 5. The fourth-order valence-corrected chi connectivity index (χ4v) is 4.19. The van der Waals surface area contributed by atoms with Gasteiger partial charge in [0.25, 0.3) is 5.91 Å². The standard InChI is InChI=1S/C28H30N4O4/c1-3-36-27(34)22-11-4-5-12-23(22)30-28(35)31-24-18-21(13-14-25(24)32-15-6-7-16-32)29-26(33)20-10-8-9-19(2)17-20/h4-5,8-14,17-18H,3,6-7,15-16H2,1-2H3,(H,29,33)(H2,30,31,35). The molecule has 0 aromatic heterocycles. The maximum absolute atomic E-state index is 13.0. The molecule has 8 nitrogen and oxygen atoms in total. The van der Waals surface area contributed by atoms with Gasteiger partial charge in [-0.25, -0.2) is 9.59 Å². The summed E-state index contributed by atoms with van der Waals surface area (Å²) >= 11 is 0. The molecule has 0 atom stereocenters. The van der Waals surface area contributed by atoms with Crippen molar-refractivity contribution in [3.8, 4) is 0 Å². The van der Waals surface area contributed by atoms with Gasteiger partial charge in [-0.15, -0.1) is 0 Å². The lowest BCUT2D eigenvalue weighted by Gasteiger charge is -2.23. The monoisotopic (exact) mass is 486 g/mol. The molecule has 1 fully saturated rings. The number of amides is 3. The molecule has 1 saturated heterocycles. The Morgan fingerprint density at radius 3 is 2.36 bits per heavy atom. The Hall–Kier alpha value is -4.33. The number of anilines is 4. The van der Waals surface area contributed by atoms with E-state index in [0.717, 1.165) is 37.2 Å². The number of esters is 1. The van der Waals surface area contributed by atoms with Crippen LogP contribution in [0.3, 0.4) is 0 Å². The lowest BCUT2D eigenvalue weighted by Crippen LogP contribution is -2.25. The molecule has 8 heteroatoms. The maximum atomic E-state index is 13.0. The van der Waals surface area contributed by atoms with E-state index < -0.39 is 12.0 Å². The van der Waals surface area contributed by atoms with Crippen LogP contribution in [0.4, 0.5) is 27.5 Å². The summed E-state index contributed by atoms with van der Waals surface area (Å²) in [6, 6.07) is 19.0. The largest absolute Gasteiger partial charge is 0.462 e. The number of nitrogens with zero attached hydrogens (tertiary/aromatic N) is 1. The van der Waals surface area contributed by atoms with E-state index in [0.29, 0.717) is 22.6 Å². The van der Waals surface area contributed by atoms with Crippen LogP contribution in [-0.2, 0) is 4.74 Å². The van der Waals surface area contributed by atoms with Crippen molar-refractivity contribution in [1.29, 1.82) is 0 Å². The predicted octanol–water partition coefficient (Wildman–Crippen LogP) is 5.67. The van der Waals surface area contributed by atoms with E-state index in [1.54, 1.807) is 43.3 Å². The van der Waals surface area contributed by atoms with Gasteiger partial charge >= 0.3 is 12.0 Å². The summed E-state index contributed by atoms with van der Waals surface area (Å²) in [5.41, 5.74) is 4.16. The number of ether oxygens (including phenoxy) is 1. The number of para-hydroxylation sites is 1. The summed E-state index contributed by atoms with van der Waals surface area (Å²) in [6.07, 6.45) is 2.15. The number of urea groups is 1. The van der Waals surface area contributed by atoms with Crippen molar-refractivity contribution in [1.82, 2.24) is 0 Å². The number of benzene rings is 3. The molecule has 3 amide bonds. The van der Waals surface area contributed by atoms with E-state index in [1.165, 1.54) is 0 Å². The first-order valence-corrected chi connectivity index (χ1v) is 12.1. The highest BCUT2D eigenvalue weighted by Gasteiger charge is 2.19. The number of aryl methyl sites for hydroxylation is 1. The number of rotatable bonds is 7. The third-order valence-electron chi connectivity index (χ3n) is 5.90. The van der Waals surface area contributed by atoms with E-state index in [4.69, 9.17) is 4.74 Å². The quantitative estimate of drug-likeness (QED) is 0.374. The molecule has 0 bridgehead atoms. The Bertz CT molecular complexity index is 1270. The van der Waals surface area contributed by atoms with Gasteiger partial charge in [0.1, 0.15) is 0 Å². The Labute approximate surface area is 210 Å². The predicted molar refractivity (Wildman–Crippen MR) is 142 cm³/mol. The van der Waals surface area contributed by atoms with Crippen molar-refractivity contribution in [3.63, 3.8) is 0 Å². The summed E-state index contributed by atoms with van der Waals surface area (Å²) in [5, 5.41) is 8.57. The molecule has 3 aromatic carbocycles. The van der Waals surface area contributed by atoms with Gasteiger partial charge in [0, 0.05) is 24.3 Å². The van der Waals surface area contributed by atoms with Crippen LogP contribution in [0.2, 0.25) is 0 Å². The van der Waals surface area contributed by atoms with Crippen LogP contribution in [0.1, 0.15) is 46.0 Å². The minimum atomic E-state index is -0.507. The van der Waals surface area contributed by atoms with Gasteiger partial charge in [-0.2, -0.15) is 0 Å². The number of carbonyl (C=O) groups is 3. The van der Waals surface area contributed by atoms with E-state index in [-0.39, 0.29) is 18.1 Å². The lowest BCUT2D eigenvalue weighted by atomic mass is 10.1. The molecule has 3 aromatic rings. The zero-order valence-corrected chi connectivity index (χ0v) is 20.5. The molecular weight excluding hydrogens is 456 g/mol. The molecule has 1 aliphatic rings. The second kappa shape index (κ2) is 11.4. The van der Waals surface area contributed by atoms with Crippen LogP contribution in [0.5, 0.6) is 0 Å². The SMILES string of the molecule is CCOC(=O)c1ccccc1NC(=O)Nc1cc(NC(=O)c2cccc(C)c2)ccc1N1CCCC1. The van der Waals surface area contributed by atoms with Crippen molar-refractivity contribution in [3.05, 3.63) is 83.4 Å². The summed E-state index contributed by atoms with van der Waals surface area (Å²) in [5.74, 6) is -0.738. The van der Waals surface area contributed by atoms with Crippen molar-refractivity contribution in [2.45, 2.75) is 26.7 Å². The highest BCUT2D eigenvalue weighted by atomic mass is 16.5. The number of carbonyl (C=O) groups excluding carboxylic acids is 3. The lowest BCUT2D eigenvalue weighted by molar-refractivity contribution is 0.0527. The Balaban J connectivity index is 1.56. The minimum absolute atomic E-state index is 0.230. The van der Waals surface area contributed by atoms with E-state index in [1.807, 2.05) is 37.3 Å². The molecule has 36 heavy (non-hydrogen) atoms. The molecule has 0 saturated carbocycles. The van der Waals surface area contributed by atoms with Crippen LogP contribution >= 0.6 is 0 Å². The summed E-state index contributed by atoms with van der Waals surface area (Å²) in [4.78, 5) is 40.2. The minimum Gasteiger partial charge on any atom is -0.462 e. The second-order valence-corrected chi connectivity index (χ2v) is 8.59. The summed E-state index contributed by atoms with van der Waals surface area (Å²) < 4.78 is 5.09. The van der Waals surface area contributed by atoms with Gasteiger partial charge in [0.2, 0.25) is 0 Å². The molecule has 1 aliphatic heterocycles. The van der Waals surface area contributed by atoms with Crippen molar-refractivity contribution < 1.29 is 19.1 Å². The van der Waals surface area contributed by atoms with Crippen LogP contribution in [-0.4, -0.2) is 37.6 Å². The summed E-state index contributed by atoms with van der Waals surface area (Å²) in [6.45, 7) is 5.67. The zero-order valence-electron chi connectivity index (χ0n) is 20.5. The average Bonchev–Trinajstić information content (AvgIpc) is 3.39. The fourth-order valence-electron chi connectivity index (χ4n) is 4.19. The first-order valence-electron chi connectivity index (χ1n) is 12.1. The van der Waals surface area contributed by atoms with Crippen LogP contribution < -0.4 is 20.9 Å². The molecule has 4 rings (SSSR count). The third-order valence-corrected chi connectivity index (χ3v) is 5.90.